The number of hydrogen-bond acceptors (Lipinski definition) is 6. The molecule has 0 bridgehead atoms. The summed E-state index contributed by atoms with van der Waals surface area (Å²) in [5.41, 5.74) is 0.691. The summed E-state index contributed by atoms with van der Waals surface area (Å²) in [4.78, 5) is 49.8. The Morgan fingerprint density at radius 3 is 1.80 bits per heavy atom. The highest BCUT2D eigenvalue weighted by Gasteiger charge is 2.31. The first-order valence-corrected chi connectivity index (χ1v) is 13.1. The second-order valence-electron chi connectivity index (χ2n) is 9.24. The number of hydrogen-bond donors (Lipinski definition) is 2. The minimum absolute atomic E-state index is 0.0160. The molecule has 0 saturated heterocycles. The molecule has 0 atom stereocenters. The van der Waals surface area contributed by atoms with Crippen LogP contribution in [-0.4, -0.2) is 41.5 Å². The maximum atomic E-state index is 13.7. The molecule has 8 nitrogen and oxygen atoms in total. The minimum Gasteiger partial charge on any atom is -0.481 e. The lowest BCUT2D eigenvalue weighted by Gasteiger charge is -2.11. The Morgan fingerprint density at radius 2 is 1.20 bits per heavy atom. The molecule has 4 rings (SSSR count). The number of carboxylic acids is 1. The van der Waals surface area contributed by atoms with E-state index in [0.29, 0.717) is 17.1 Å². The molecule has 4 aromatic rings. The number of benzene rings is 4. The SMILES string of the molecule is O=C(O)CCNC(=O)c1ccc(C(=O)C(=CC(=O)c2ccc(OC(F)(F)F)cc2)c2ccc(Oc3ccccc3)cc2)cc1. The average molecular weight is 604 g/mol. The summed E-state index contributed by atoms with van der Waals surface area (Å²) in [7, 11) is 0. The maximum absolute atomic E-state index is 13.7. The molecule has 2 N–H and O–H groups in total. The smallest absolute Gasteiger partial charge is 0.481 e. The van der Waals surface area contributed by atoms with Crippen molar-refractivity contribution in [2.75, 3.05) is 6.54 Å². The zero-order chi connectivity index (χ0) is 31.7. The van der Waals surface area contributed by atoms with Gasteiger partial charge in [0, 0.05) is 28.8 Å². The van der Waals surface area contributed by atoms with Gasteiger partial charge in [0.1, 0.15) is 17.2 Å². The third-order valence-electron chi connectivity index (χ3n) is 6.07. The second-order valence-corrected chi connectivity index (χ2v) is 9.24. The van der Waals surface area contributed by atoms with Crippen LogP contribution in [0.1, 0.15) is 43.1 Å². The van der Waals surface area contributed by atoms with Gasteiger partial charge in [0.25, 0.3) is 5.91 Å². The summed E-state index contributed by atoms with van der Waals surface area (Å²) >= 11 is 0. The Morgan fingerprint density at radius 1 is 0.682 bits per heavy atom. The van der Waals surface area contributed by atoms with Gasteiger partial charge < -0.3 is 19.9 Å². The predicted molar refractivity (Wildman–Crippen MR) is 154 cm³/mol. The third kappa shape index (κ3) is 8.89. The number of ether oxygens (including phenoxy) is 2. The van der Waals surface area contributed by atoms with Crippen molar-refractivity contribution in [2.24, 2.45) is 0 Å². The van der Waals surface area contributed by atoms with Gasteiger partial charge in [-0.25, -0.2) is 0 Å². The molecule has 0 unspecified atom stereocenters. The van der Waals surface area contributed by atoms with Gasteiger partial charge in [-0.2, -0.15) is 0 Å². The molecule has 0 heterocycles. The van der Waals surface area contributed by atoms with E-state index in [4.69, 9.17) is 9.84 Å². The summed E-state index contributed by atoms with van der Waals surface area (Å²) in [6.07, 6.45) is -4.06. The standard InChI is InChI=1S/C33H24F3NO7/c34-33(35,36)44-27-16-12-22(13-17-27)29(38)20-28(21-10-14-26(15-11-21)43-25-4-2-1-3-5-25)31(41)23-6-8-24(9-7-23)32(42)37-19-18-30(39)40/h1-17,20H,18-19H2,(H,37,42)(H,39,40). The summed E-state index contributed by atoms with van der Waals surface area (Å²) in [5, 5.41) is 11.2. The summed E-state index contributed by atoms with van der Waals surface area (Å²) in [6, 6.07) is 25.2. The lowest BCUT2D eigenvalue weighted by Crippen LogP contribution is -2.26. The highest BCUT2D eigenvalue weighted by atomic mass is 19.4. The van der Waals surface area contributed by atoms with Crippen LogP contribution in [-0.2, 0) is 4.79 Å². The topological polar surface area (TPSA) is 119 Å². The van der Waals surface area contributed by atoms with Gasteiger partial charge in [0.2, 0.25) is 0 Å². The van der Waals surface area contributed by atoms with E-state index in [1.54, 1.807) is 36.4 Å². The number of carbonyl (C=O) groups excluding carboxylic acids is 3. The molecular weight excluding hydrogens is 579 g/mol. The molecule has 4 aromatic carbocycles. The minimum atomic E-state index is -4.89. The van der Waals surface area contributed by atoms with Crippen molar-refractivity contribution in [3.63, 3.8) is 0 Å². The molecule has 0 spiro atoms. The van der Waals surface area contributed by atoms with Crippen LogP contribution in [0, 0.1) is 0 Å². The molecule has 0 aliphatic heterocycles. The van der Waals surface area contributed by atoms with Crippen molar-refractivity contribution in [1.29, 1.82) is 0 Å². The lowest BCUT2D eigenvalue weighted by molar-refractivity contribution is -0.274. The van der Waals surface area contributed by atoms with Gasteiger partial charge >= 0.3 is 12.3 Å². The molecule has 224 valence electrons. The van der Waals surface area contributed by atoms with Crippen molar-refractivity contribution in [3.8, 4) is 17.2 Å². The van der Waals surface area contributed by atoms with E-state index < -0.39 is 35.6 Å². The number of alkyl halides is 3. The fourth-order valence-electron chi connectivity index (χ4n) is 3.96. The van der Waals surface area contributed by atoms with Crippen LogP contribution in [0.25, 0.3) is 5.57 Å². The third-order valence-corrected chi connectivity index (χ3v) is 6.07. The van der Waals surface area contributed by atoms with Crippen LogP contribution < -0.4 is 14.8 Å². The number of carbonyl (C=O) groups is 4. The Balaban J connectivity index is 1.61. The van der Waals surface area contributed by atoms with Gasteiger partial charge in [0.05, 0.1) is 6.42 Å². The highest BCUT2D eigenvalue weighted by Crippen LogP contribution is 2.27. The largest absolute Gasteiger partial charge is 0.573 e. The van der Waals surface area contributed by atoms with Crippen molar-refractivity contribution < 1.29 is 46.9 Å². The van der Waals surface area contributed by atoms with Crippen LogP contribution in [0.3, 0.4) is 0 Å². The van der Waals surface area contributed by atoms with E-state index in [1.165, 1.54) is 24.3 Å². The number of nitrogens with one attached hydrogen (secondary N) is 1. The van der Waals surface area contributed by atoms with Gasteiger partial charge in [0.15, 0.2) is 11.6 Å². The molecular formula is C33H24F3NO7. The monoisotopic (exact) mass is 603 g/mol. The van der Waals surface area contributed by atoms with Crippen LogP contribution in [0.5, 0.6) is 17.2 Å². The second kappa shape index (κ2) is 14.0. The molecule has 0 aromatic heterocycles. The van der Waals surface area contributed by atoms with Crippen molar-refractivity contribution >= 4 is 29.0 Å². The van der Waals surface area contributed by atoms with Crippen LogP contribution in [0.2, 0.25) is 0 Å². The van der Waals surface area contributed by atoms with Gasteiger partial charge in [-0.05, 0) is 72.3 Å². The molecule has 44 heavy (non-hydrogen) atoms. The highest BCUT2D eigenvalue weighted by molar-refractivity contribution is 6.32. The van der Waals surface area contributed by atoms with E-state index in [-0.39, 0.29) is 35.2 Å². The molecule has 1 amide bonds. The lowest BCUT2D eigenvalue weighted by atomic mass is 9.94. The number of Topliss-reactive ketones (excluding diaryl/α,β-unsaturated/α-hetero) is 1. The first kappa shape index (κ1) is 31.2. The van der Waals surface area contributed by atoms with Crippen molar-refractivity contribution in [1.82, 2.24) is 5.32 Å². The fourth-order valence-corrected chi connectivity index (χ4v) is 3.96. The van der Waals surface area contributed by atoms with Crippen molar-refractivity contribution in [3.05, 3.63) is 131 Å². The number of allylic oxidation sites excluding steroid dienone is 2. The molecule has 0 radical (unpaired) electrons. The normalized spacial score (nSPS) is 11.4. The Bertz CT molecular complexity index is 1660. The Labute approximate surface area is 249 Å². The van der Waals surface area contributed by atoms with E-state index in [2.05, 4.69) is 10.1 Å². The van der Waals surface area contributed by atoms with E-state index in [0.717, 1.165) is 30.3 Å². The first-order valence-electron chi connectivity index (χ1n) is 13.1. The van der Waals surface area contributed by atoms with Gasteiger partial charge in [-0.15, -0.1) is 13.2 Å². The van der Waals surface area contributed by atoms with E-state index >= 15 is 0 Å². The average Bonchev–Trinajstić information content (AvgIpc) is 3.00. The van der Waals surface area contributed by atoms with E-state index in [9.17, 15) is 32.3 Å². The first-order chi connectivity index (χ1) is 21.0. The Hall–Kier alpha value is -5.71. The molecule has 0 aliphatic rings. The quantitative estimate of drug-likeness (QED) is 0.136. The number of para-hydroxylation sites is 1. The fraction of sp³-hybridized carbons (Fsp3) is 0.0909. The van der Waals surface area contributed by atoms with Gasteiger partial charge in [-0.1, -0.05) is 42.5 Å². The number of aliphatic carboxylic acids is 1. The number of ketones is 2. The summed E-state index contributed by atoms with van der Waals surface area (Å²) in [5.74, 6) is -2.25. The predicted octanol–water partition coefficient (Wildman–Crippen LogP) is 6.73. The number of rotatable bonds is 12. The summed E-state index contributed by atoms with van der Waals surface area (Å²) < 4.78 is 47.2. The van der Waals surface area contributed by atoms with Crippen LogP contribution in [0.4, 0.5) is 13.2 Å². The molecule has 0 aliphatic carbocycles. The molecule has 0 fully saturated rings. The van der Waals surface area contributed by atoms with Gasteiger partial charge in [-0.3, -0.25) is 19.2 Å². The van der Waals surface area contributed by atoms with Crippen molar-refractivity contribution in [2.45, 2.75) is 12.8 Å². The van der Waals surface area contributed by atoms with Crippen LogP contribution in [0.15, 0.2) is 109 Å². The zero-order valence-electron chi connectivity index (χ0n) is 22.8. The number of amides is 1. The van der Waals surface area contributed by atoms with Crippen LogP contribution >= 0.6 is 0 Å². The molecule has 11 heteroatoms. The summed E-state index contributed by atoms with van der Waals surface area (Å²) in [6.45, 7) is -0.0723. The number of carboxylic acid groups (broad SMARTS) is 1. The Kier molecular flexibility index (Phi) is 9.92. The molecule has 0 saturated carbocycles. The zero-order valence-corrected chi connectivity index (χ0v) is 22.8. The maximum Gasteiger partial charge on any atom is 0.573 e. The number of halogens is 3. The van der Waals surface area contributed by atoms with E-state index in [1.807, 2.05) is 18.2 Å².